The number of rotatable bonds is 3. The molecule has 1 saturated heterocycles. The minimum Gasteiger partial charge on any atom is -0.396 e. The summed E-state index contributed by atoms with van der Waals surface area (Å²) in [5.41, 5.74) is 0.231. The van der Waals surface area contributed by atoms with E-state index >= 15 is 0 Å². The second kappa shape index (κ2) is 5.03. The summed E-state index contributed by atoms with van der Waals surface area (Å²) in [4.78, 5) is 2.67. The Hall–Kier alpha value is -0.120. The van der Waals surface area contributed by atoms with Gasteiger partial charge >= 0.3 is 0 Å². The molecule has 2 rings (SSSR count). The van der Waals surface area contributed by atoms with E-state index in [2.05, 4.69) is 24.1 Å². The van der Waals surface area contributed by atoms with Crippen molar-refractivity contribution in [1.29, 1.82) is 0 Å². The normalized spacial score (nSPS) is 32.1. The molecule has 0 amide bonds. The zero-order valence-corrected chi connectivity index (χ0v) is 10.7. The van der Waals surface area contributed by atoms with Gasteiger partial charge in [-0.15, -0.1) is 0 Å². The fraction of sp³-hybridized carbons (Fsp3) is 1.00. The van der Waals surface area contributed by atoms with Gasteiger partial charge in [0.15, 0.2) is 0 Å². The monoisotopic (exact) mass is 226 g/mol. The highest BCUT2D eigenvalue weighted by atomic mass is 16.3. The SMILES string of the molecule is CC1(C)CN(C2CCCC2)C(CCO)CN1. The van der Waals surface area contributed by atoms with Crippen LogP contribution in [-0.4, -0.2) is 47.3 Å². The van der Waals surface area contributed by atoms with Crippen LogP contribution in [0, 0.1) is 0 Å². The van der Waals surface area contributed by atoms with Gasteiger partial charge in [-0.3, -0.25) is 4.90 Å². The summed E-state index contributed by atoms with van der Waals surface area (Å²) >= 11 is 0. The van der Waals surface area contributed by atoms with Crippen molar-refractivity contribution in [2.45, 2.75) is 63.6 Å². The smallest absolute Gasteiger partial charge is 0.0446 e. The van der Waals surface area contributed by atoms with Gasteiger partial charge < -0.3 is 10.4 Å². The third-order valence-electron chi connectivity index (χ3n) is 4.12. The molecule has 1 atom stereocenters. The first-order valence-electron chi connectivity index (χ1n) is 6.74. The molecule has 0 bridgehead atoms. The molecule has 1 aliphatic carbocycles. The largest absolute Gasteiger partial charge is 0.396 e. The van der Waals surface area contributed by atoms with E-state index in [1.165, 1.54) is 25.7 Å². The van der Waals surface area contributed by atoms with Crippen LogP contribution >= 0.6 is 0 Å². The summed E-state index contributed by atoms with van der Waals surface area (Å²) < 4.78 is 0. The summed E-state index contributed by atoms with van der Waals surface area (Å²) in [5, 5.41) is 12.7. The van der Waals surface area contributed by atoms with Crippen molar-refractivity contribution in [3.05, 3.63) is 0 Å². The van der Waals surface area contributed by atoms with Gasteiger partial charge in [0.05, 0.1) is 0 Å². The fourth-order valence-electron chi connectivity index (χ4n) is 3.23. The lowest BCUT2D eigenvalue weighted by Crippen LogP contribution is -2.63. The van der Waals surface area contributed by atoms with Gasteiger partial charge in [-0.2, -0.15) is 0 Å². The lowest BCUT2D eigenvalue weighted by molar-refractivity contribution is 0.0430. The first-order valence-corrected chi connectivity index (χ1v) is 6.74. The minimum atomic E-state index is 0.231. The average molecular weight is 226 g/mol. The van der Waals surface area contributed by atoms with Gasteiger partial charge in [0.25, 0.3) is 0 Å². The number of hydrogen-bond acceptors (Lipinski definition) is 3. The van der Waals surface area contributed by atoms with Crippen LogP contribution in [0.5, 0.6) is 0 Å². The molecule has 2 N–H and O–H groups in total. The first kappa shape index (κ1) is 12.3. The quantitative estimate of drug-likeness (QED) is 0.763. The number of hydrogen-bond donors (Lipinski definition) is 2. The molecule has 3 nitrogen and oxygen atoms in total. The predicted molar refractivity (Wildman–Crippen MR) is 66.5 cm³/mol. The van der Waals surface area contributed by atoms with E-state index < -0.39 is 0 Å². The molecule has 1 aliphatic heterocycles. The summed E-state index contributed by atoms with van der Waals surface area (Å²) in [6, 6.07) is 1.32. The van der Waals surface area contributed by atoms with E-state index in [1.807, 2.05) is 0 Å². The molecule has 16 heavy (non-hydrogen) atoms. The van der Waals surface area contributed by atoms with E-state index in [-0.39, 0.29) is 5.54 Å². The van der Waals surface area contributed by atoms with Crippen LogP contribution in [0.25, 0.3) is 0 Å². The van der Waals surface area contributed by atoms with Gasteiger partial charge in [0.2, 0.25) is 0 Å². The third kappa shape index (κ3) is 2.76. The molecule has 0 spiro atoms. The van der Waals surface area contributed by atoms with Gasteiger partial charge in [-0.25, -0.2) is 0 Å². The van der Waals surface area contributed by atoms with Crippen molar-refractivity contribution >= 4 is 0 Å². The van der Waals surface area contributed by atoms with Crippen LogP contribution < -0.4 is 5.32 Å². The second-order valence-electron chi connectivity index (χ2n) is 6.04. The Morgan fingerprint density at radius 3 is 2.62 bits per heavy atom. The Kier molecular flexibility index (Phi) is 3.88. The molecule has 1 unspecified atom stereocenters. The number of nitrogens with one attached hydrogen (secondary N) is 1. The van der Waals surface area contributed by atoms with Crippen molar-refractivity contribution < 1.29 is 5.11 Å². The van der Waals surface area contributed by atoms with Crippen LogP contribution in [0.3, 0.4) is 0 Å². The fourth-order valence-corrected chi connectivity index (χ4v) is 3.23. The molecule has 0 aromatic carbocycles. The maximum Gasteiger partial charge on any atom is 0.0446 e. The third-order valence-corrected chi connectivity index (χ3v) is 4.12. The number of aliphatic hydroxyl groups excluding tert-OH is 1. The standard InChI is InChI=1S/C13H26N2O/c1-13(2)10-15(11-5-3-4-6-11)12(7-8-16)9-14-13/h11-12,14,16H,3-10H2,1-2H3. The second-order valence-corrected chi connectivity index (χ2v) is 6.04. The van der Waals surface area contributed by atoms with Gasteiger partial charge in [-0.1, -0.05) is 12.8 Å². The van der Waals surface area contributed by atoms with Crippen LogP contribution in [0.15, 0.2) is 0 Å². The summed E-state index contributed by atoms with van der Waals surface area (Å²) in [7, 11) is 0. The van der Waals surface area contributed by atoms with Crippen LogP contribution in [-0.2, 0) is 0 Å². The summed E-state index contributed by atoms with van der Waals surface area (Å²) in [6.07, 6.45) is 6.41. The molecule has 1 heterocycles. The van der Waals surface area contributed by atoms with Crippen molar-refractivity contribution in [2.75, 3.05) is 19.7 Å². The Morgan fingerprint density at radius 1 is 1.31 bits per heavy atom. The Bertz CT molecular complexity index is 224. The lowest BCUT2D eigenvalue weighted by Gasteiger charge is -2.47. The molecule has 0 radical (unpaired) electrons. The number of piperazine rings is 1. The molecule has 1 saturated carbocycles. The van der Waals surface area contributed by atoms with Gasteiger partial charge in [-0.05, 0) is 33.1 Å². The van der Waals surface area contributed by atoms with E-state index in [4.69, 9.17) is 5.11 Å². The minimum absolute atomic E-state index is 0.231. The number of nitrogens with zero attached hydrogens (tertiary/aromatic N) is 1. The van der Waals surface area contributed by atoms with E-state index in [0.29, 0.717) is 12.6 Å². The number of aliphatic hydroxyl groups is 1. The van der Waals surface area contributed by atoms with Crippen molar-refractivity contribution in [1.82, 2.24) is 10.2 Å². The maximum atomic E-state index is 9.15. The molecule has 94 valence electrons. The summed E-state index contributed by atoms with van der Waals surface area (Å²) in [5.74, 6) is 0. The average Bonchev–Trinajstić information content (AvgIpc) is 2.74. The predicted octanol–water partition coefficient (Wildman–Crippen LogP) is 1.36. The maximum absolute atomic E-state index is 9.15. The highest BCUT2D eigenvalue weighted by molar-refractivity contribution is 4.95. The first-order chi connectivity index (χ1) is 7.62. The molecule has 2 fully saturated rings. The summed E-state index contributed by atoms with van der Waals surface area (Å²) in [6.45, 7) is 7.04. The van der Waals surface area contributed by atoms with E-state index in [1.54, 1.807) is 0 Å². The van der Waals surface area contributed by atoms with Gasteiger partial charge in [0, 0.05) is 37.3 Å². The zero-order chi connectivity index (χ0) is 11.6. The molecular weight excluding hydrogens is 200 g/mol. The van der Waals surface area contributed by atoms with Crippen LogP contribution in [0.4, 0.5) is 0 Å². The Labute approximate surface area is 99.2 Å². The van der Waals surface area contributed by atoms with Gasteiger partial charge in [0.1, 0.15) is 0 Å². The molecule has 2 aliphatic rings. The molecule has 3 heteroatoms. The van der Waals surface area contributed by atoms with E-state index in [0.717, 1.165) is 25.6 Å². The Balaban J connectivity index is 2.01. The molecule has 0 aromatic rings. The molecule has 0 aromatic heterocycles. The Morgan fingerprint density at radius 2 is 2.00 bits per heavy atom. The van der Waals surface area contributed by atoms with E-state index in [9.17, 15) is 0 Å². The zero-order valence-electron chi connectivity index (χ0n) is 10.7. The lowest BCUT2D eigenvalue weighted by atomic mass is 9.95. The highest BCUT2D eigenvalue weighted by Gasteiger charge is 2.36. The van der Waals surface area contributed by atoms with Crippen molar-refractivity contribution in [3.8, 4) is 0 Å². The van der Waals surface area contributed by atoms with Crippen LogP contribution in [0.2, 0.25) is 0 Å². The van der Waals surface area contributed by atoms with Crippen molar-refractivity contribution in [3.63, 3.8) is 0 Å². The molecular formula is C13H26N2O. The topological polar surface area (TPSA) is 35.5 Å². The highest BCUT2D eigenvalue weighted by Crippen LogP contribution is 2.29. The van der Waals surface area contributed by atoms with Crippen molar-refractivity contribution in [2.24, 2.45) is 0 Å². The van der Waals surface area contributed by atoms with Crippen LogP contribution in [0.1, 0.15) is 46.0 Å².